The van der Waals surface area contributed by atoms with E-state index in [1.165, 1.54) is 193 Å². The molecule has 50 heavy (non-hydrogen) atoms. The van der Waals surface area contributed by atoms with Crippen molar-refractivity contribution in [1.82, 2.24) is 0 Å². The van der Waals surface area contributed by atoms with Gasteiger partial charge in [-0.25, -0.2) is 0 Å². The fourth-order valence-electron chi connectivity index (χ4n) is 5.69. The second-order valence-electron chi connectivity index (χ2n) is 18.0. The lowest BCUT2D eigenvalue weighted by Crippen LogP contribution is -2.35. The second-order valence-corrected chi connectivity index (χ2v) is 18.9. The van der Waals surface area contributed by atoms with Gasteiger partial charge >= 0.3 is 0 Å². The first-order valence-electron chi connectivity index (χ1n) is 21.3. The van der Waals surface area contributed by atoms with Crippen molar-refractivity contribution >= 4 is 7.82 Å². The predicted molar refractivity (Wildman–Crippen MR) is 218 cm³/mol. The van der Waals surface area contributed by atoms with E-state index < -0.39 is 7.82 Å². The van der Waals surface area contributed by atoms with Crippen molar-refractivity contribution in [3.8, 4) is 0 Å². The topological polar surface area (TPSA) is 86.2 Å². The SMILES string of the molecule is CCCCCCCCCCC[N+](C)(C)C.CCCCCCCCCCC[N+](C)(C)C.CCCCCCCCCCC[N+](C)(C)C.O=P([O-])([O-])[O-]. The number of unbranched alkanes of at least 4 members (excludes halogenated alkanes) is 24. The Balaban J connectivity index is -0.000000296. The third-order valence-corrected chi connectivity index (χ3v) is 8.80. The molecule has 0 heterocycles. The summed E-state index contributed by atoms with van der Waals surface area (Å²) in [5.41, 5.74) is 0. The van der Waals surface area contributed by atoms with Gasteiger partial charge in [0.25, 0.3) is 0 Å². The van der Waals surface area contributed by atoms with E-state index >= 15 is 0 Å². The van der Waals surface area contributed by atoms with Crippen molar-refractivity contribution < 1.29 is 32.7 Å². The highest BCUT2D eigenvalue weighted by Gasteiger charge is 2.06. The van der Waals surface area contributed by atoms with Crippen LogP contribution in [0.1, 0.15) is 194 Å². The fourth-order valence-corrected chi connectivity index (χ4v) is 5.69. The minimum absolute atomic E-state index is 1.12. The van der Waals surface area contributed by atoms with E-state index in [-0.39, 0.29) is 0 Å². The molecule has 0 radical (unpaired) electrons. The molecule has 0 N–H and O–H groups in total. The maximum absolute atomic E-state index is 8.55. The van der Waals surface area contributed by atoms with Gasteiger partial charge in [-0.15, -0.1) is 0 Å². The molecule has 8 heteroatoms. The fraction of sp³-hybridized carbons (Fsp3) is 1.00. The number of hydrogen-bond donors (Lipinski definition) is 0. The highest BCUT2D eigenvalue weighted by molar-refractivity contribution is 7.40. The Bertz CT molecular complexity index is 598. The van der Waals surface area contributed by atoms with E-state index in [1.54, 1.807) is 0 Å². The Morgan fingerprint density at radius 1 is 0.300 bits per heavy atom. The average molecular weight is 738 g/mol. The molecular weight excluding hydrogens is 641 g/mol. The molecular formula is C42H96N3O4P. The lowest BCUT2D eigenvalue weighted by atomic mass is 10.1. The zero-order chi connectivity index (χ0) is 39.2. The first-order chi connectivity index (χ1) is 23.2. The number of hydrogen-bond acceptors (Lipinski definition) is 4. The van der Waals surface area contributed by atoms with Gasteiger partial charge in [-0.1, -0.05) is 156 Å². The molecule has 0 amide bonds. The summed E-state index contributed by atoms with van der Waals surface area (Å²) in [5, 5.41) is 0. The molecule has 0 aromatic heterocycles. The molecule has 7 nitrogen and oxygen atoms in total. The second kappa shape index (κ2) is 38.7. The number of nitrogens with zero attached hydrogens (tertiary/aromatic N) is 3. The van der Waals surface area contributed by atoms with E-state index in [9.17, 15) is 0 Å². The Morgan fingerprint density at radius 3 is 0.540 bits per heavy atom. The van der Waals surface area contributed by atoms with Gasteiger partial charge in [0, 0.05) is 0 Å². The van der Waals surface area contributed by atoms with Crippen molar-refractivity contribution in [3.63, 3.8) is 0 Å². The van der Waals surface area contributed by atoms with Crippen LogP contribution in [0.3, 0.4) is 0 Å². The van der Waals surface area contributed by atoms with E-state index in [4.69, 9.17) is 19.2 Å². The van der Waals surface area contributed by atoms with Crippen LogP contribution >= 0.6 is 7.82 Å². The highest BCUT2D eigenvalue weighted by Crippen LogP contribution is 2.12. The smallest absolute Gasteiger partial charge is 0.0780 e. The molecule has 0 aliphatic carbocycles. The van der Waals surface area contributed by atoms with Crippen molar-refractivity contribution in [2.24, 2.45) is 0 Å². The van der Waals surface area contributed by atoms with E-state index in [0.717, 1.165) is 13.4 Å². The van der Waals surface area contributed by atoms with Gasteiger partial charge in [0.05, 0.1) is 83.1 Å². The molecule has 0 rings (SSSR count). The molecule has 0 atom stereocenters. The standard InChI is InChI=1S/3C14H32N.H3O4P/c3*1-5-6-7-8-9-10-11-12-13-14-15(2,3)4;1-5(2,3)4/h3*5-14H2,1-4H3;(H3,1,2,3,4)/q3*+1;/p-3. The van der Waals surface area contributed by atoms with Gasteiger partial charge in [-0.2, -0.15) is 7.82 Å². The van der Waals surface area contributed by atoms with E-state index in [1.807, 2.05) is 0 Å². The summed E-state index contributed by atoms with van der Waals surface area (Å²) in [7, 11) is 15.2. The summed E-state index contributed by atoms with van der Waals surface area (Å²) in [6.45, 7) is 10.8. The minimum atomic E-state index is -5.39. The number of phosphoric acid groups is 1. The van der Waals surface area contributed by atoms with E-state index in [2.05, 4.69) is 84.2 Å². The van der Waals surface area contributed by atoms with Gasteiger partial charge in [0.1, 0.15) is 0 Å². The summed E-state index contributed by atoms with van der Waals surface area (Å²) < 4.78 is 11.9. The third kappa shape index (κ3) is 81.8. The molecule has 0 bridgehead atoms. The third-order valence-electron chi connectivity index (χ3n) is 8.80. The summed E-state index contributed by atoms with van der Waals surface area (Å²) in [6.07, 6.45) is 38.8. The Morgan fingerprint density at radius 2 is 0.420 bits per heavy atom. The van der Waals surface area contributed by atoms with Crippen molar-refractivity contribution in [1.29, 1.82) is 0 Å². The Labute approximate surface area is 317 Å². The molecule has 308 valence electrons. The van der Waals surface area contributed by atoms with Gasteiger partial charge in [-0.3, -0.25) is 0 Å². The lowest BCUT2D eigenvalue weighted by molar-refractivity contribution is -0.870. The first kappa shape index (κ1) is 56.7. The van der Waals surface area contributed by atoms with Crippen LogP contribution in [0.2, 0.25) is 0 Å². The van der Waals surface area contributed by atoms with Crippen LogP contribution in [0.5, 0.6) is 0 Å². The van der Waals surface area contributed by atoms with Crippen LogP contribution in [0, 0.1) is 0 Å². The van der Waals surface area contributed by atoms with E-state index in [0.29, 0.717) is 0 Å². The quantitative estimate of drug-likeness (QED) is 0.0417. The normalized spacial score (nSPS) is 12.0. The molecule has 0 fully saturated rings. The van der Waals surface area contributed by atoms with Gasteiger partial charge < -0.3 is 32.7 Å². The summed E-state index contributed by atoms with van der Waals surface area (Å²) >= 11 is 0. The zero-order valence-electron chi connectivity index (χ0n) is 36.6. The molecule has 0 aliphatic heterocycles. The van der Waals surface area contributed by atoms with Crippen molar-refractivity contribution in [2.75, 3.05) is 83.1 Å². The number of rotatable bonds is 30. The van der Waals surface area contributed by atoms with Gasteiger partial charge in [0.15, 0.2) is 0 Å². The van der Waals surface area contributed by atoms with Gasteiger partial charge in [0.2, 0.25) is 0 Å². The number of quaternary nitrogens is 3. The lowest BCUT2D eigenvalue weighted by Gasteiger charge is -2.36. The molecule has 0 aromatic carbocycles. The van der Waals surface area contributed by atoms with Crippen LogP contribution in [0.4, 0.5) is 0 Å². The molecule has 0 saturated heterocycles. The Kier molecular flexibility index (Phi) is 43.9. The predicted octanol–water partition coefficient (Wildman–Crippen LogP) is 9.85. The highest BCUT2D eigenvalue weighted by atomic mass is 31.2. The van der Waals surface area contributed by atoms with Gasteiger partial charge in [-0.05, 0) is 38.5 Å². The average Bonchev–Trinajstić information content (AvgIpc) is 2.97. The maximum Gasteiger partial charge on any atom is 0.0780 e. The molecule has 0 unspecified atom stereocenters. The minimum Gasteiger partial charge on any atom is -0.822 e. The molecule has 0 saturated carbocycles. The van der Waals surface area contributed by atoms with Crippen LogP contribution in [0.15, 0.2) is 0 Å². The van der Waals surface area contributed by atoms with Crippen molar-refractivity contribution in [3.05, 3.63) is 0 Å². The van der Waals surface area contributed by atoms with Crippen LogP contribution in [-0.4, -0.2) is 96.5 Å². The van der Waals surface area contributed by atoms with Crippen LogP contribution < -0.4 is 14.7 Å². The summed E-state index contributed by atoms with van der Waals surface area (Å²) in [4.78, 5) is 25.6. The van der Waals surface area contributed by atoms with Crippen molar-refractivity contribution in [2.45, 2.75) is 194 Å². The monoisotopic (exact) mass is 738 g/mol. The molecule has 0 aromatic rings. The first-order valence-corrected chi connectivity index (χ1v) is 22.8. The van der Waals surface area contributed by atoms with Crippen LogP contribution in [0.25, 0.3) is 0 Å². The Hall–Kier alpha value is -0.0100. The van der Waals surface area contributed by atoms with Crippen LogP contribution in [-0.2, 0) is 4.57 Å². The molecule has 0 aliphatic rings. The molecule has 0 spiro atoms. The largest absolute Gasteiger partial charge is 0.822 e. The zero-order valence-corrected chi connectivity index (χ0v) is 37.5. The maximum atomic E-state index is 8.55. The summed E-state index contributed by atoms with van der Waals surface area (Å²) in [5.74, 6) is 0. The summed E-state index contributed by atoms with van der Waals surface area (Å²) in [6, 6.07) is 0.